The summed E-state index contributed by atoms with van der Waals surface area (Å²) in [5.74, 6) is 0. The van der Waals surface area contributed by atoms with E-state index < -0.39 is 0 Å². The van der Waals surface area contributed by atoms with Gasteiger partial charge in [-0.3, -0.25) is 0 Å². The monoisotopic (exact) mass is 165 g/mol. The van der Waals surface area contributed by atoms with E-state index in [4.69, 9.17) is 0 Å². The molecule has 1 heteroatoms. The van der Waals surface area contributed by atoms with Gasteiger partial charge < -0.3 is 4.90 Å². The third-order valence-corrected chi connectivity index (χ3v) is 1.96. The Morgan fingerprint density at radius 3 is 2.42 bits per heavy atom. The lowest BCUT2D eigenvalue weighted by atomic mass is 10.2. The summed E-state index contributed by atoms with van der Waals surface area (Å²) in [5, 5.41) is 0. The first-order valence-corrected chi connectivity index (χ1v) is 4.33. The van der Waals surface area contributed by atoms with E-state index in [0.29, 0.717) is 0 Å². The summed E-state index contributed by atoms with van der Waals surface area (Å²) in [6.45, 7) is 11.0. The molecule has 12 heavy (non-hydrogen) atoms. The molecule has 0 heterocycles. The number of nitrogens with zero attached hydrogens (tertiary/aromatic N) is 1. The molecule has 0 amide bonds. The van der Waals surface area contributed by atoms with Crippen LogP contribution in [0.1, 0.15) is 20.8 Å². The van der Waals surface area contributed by atoms with Crippen LogP contribution in [0, 0.1) is 0 Å². The van der Waals surface area contributed by atoms with Crippen molar-refractivity contribution in [2.45, 2.75) is 20.8 Å². The summed E-state index contributed by atoms with van der Waals surface area (Å²) >= 11 is 0. The smallest absolute Gasteiger partial charge is 0.0360 e. The number of hydrogen-bond acceptors (Lipinski definition) is 1. The van der Waals surface area contributed by atoms with Gasteiger partial charge in [-0.1, -0.05) is 18.2 Å². The van der Waals surface area contributed by atoms with Gasteiger partial charge in [0.2, 0.25) is 0 Å². The van der Waals surface area contributed by atoms with Crippen LogP contribution in [0.3, 0.4) is 0 Å². The minimum atomic E-state index is 1.01. The average molecular weight is 165 g/mol. The van der Waals surface area contributed by atoms with Crippen LogP contribution in [0.2, 0.25) is 0 Å². The van der Waals surface area contributed by atoms with Crippen molar-refractivity contribution in [1.82, 2.24) is 4.90 Å². The van der Waals surface area contributed by atoms with Crippen molar-refractivity contribution in [3.05, 3.63) is 36.1 Å². The van der Waals surface area contributed by atoms with Gasteiger partial charge in [-0.05, 0) is 32.9 Å². The van der Waals surface area contributed by atoms with Gasteiger partial charge in [-0.15, -0.1) is 0 Å². The standard InChI is InChI=1S/C11H19N/c1-6-10(4)9-11(7-2)12(5)8-3/h6-7,9H,2,8H2,1,3-5H3/b10-6-,11-9+. The average Bonchev–Trinajstić information content (AvgIpc) is 2.12. The van der Waals surface area contributed by atoms with E-state index in [-0.39, 0.29) is 0 Å². The third-order valence-electron chi connectivity index (χ3n) is 1.96. The summed E-state index contributed by atoms with van der Waals surface area (Å²) in [7, 11) is 2.07. The Bertz CT molecular complexity index is 199. The molecule has 0 spiro atoms. The predicted molar refractivity (Wildman–Crippen MR) is 56.0 cm³/mol. The van der Waals surface area contributed by atoms with Crippen molar-refractivity contribution < 1.29 is 0 Å². The van der Waals surface area contributed by atoms with Crippen molar-refractivity contribution in [3.8, 4) is 0 Å². The quantitative estimate of drug-likeness (QED) is 0.579. The van der Waals surface area contributed by atoms with Gasteiger partial charge in [0.15, 0.2) is 0 Å². The summed E-state index contributed by atoms with van der Waals surface area (Å²) in [6, 6.07) is 0. The lowest BCUT2D eigenvalue weighted by Crippen LogP contribution is -2.15. The van der Waals surface area contributed by atoms with Crippen LogP contribution in [0.4, 0.5) is 0 Å². The molecular weight excluding hydrogens is 146 g/mol. The molecule has 1 nitrogen and oxygen atoms in total. The van der Waals surface area contributed by atoms with Gasteiger partial charge in [-0.2, -0.15) is 0 Å². The number of hydrogen-bond donors (Lipinski definition) is 0. The summed E-state index contributed by atoms with van der Waals surface area (Å²) in [5.41, 5.74) is 2.44. The van der Waals surface area contributed by atoms with E-state index in [2.05, 4.69) is 44.5 Å². The van der Waals surface area contributed by atoms with E-state index >= 15 is 0 Å². The molecule has 0 aliphatic carbocycles. The first-order chi connectivity index (χ1) is 5.65. The molecule has 0 aliphatic rings. The predicted octanol–water partition coefficient (Wildman–Crippen LogP) is 2.97. The van der Waals surface area contributed by atoms with E-state index in [1.807, 2.05) is 13.0 Å². The number of allylic oxidation sites excluding steroid dienone is 4. The minimum Gasteiger partial charge on any atom is -0.375 e. The molecule has 0 atom stereocenters. The molecule has 68 valence electrons. The zero-order valence-electron chi connectivity index (χ0n) is 8.59. The maximum absolute atomic E-state index is 3.78. The molecule has 0 radical (unpaired) electrons. The van der Waals surface area contributed by atoms with Gasteiger partial charge in [0, 0.05) is 19.3 Å². The van der Waals surface area contributed by atoms with Crippen LogP contribution in [-0.2, 0) is 0 Å². The van der Waals surface area contributed by atoms with Crippen LogP contribution in [0.15, 0.2) is 36.1 Å². The highest BCUT2D eigenvalue weighted by molar-refractivity contribution is 5.26. The molecular formula is C11H19N. The van der Waals surface area contributed by atoms with Crippen molar-refractivity contribution in [2.24, 2.45) is 0 Å². The molecule has 0 bridgehead atoms. The van der Waals surface area contributed by atoms with Crippen molar-refractivity contribution >= 4 is 0 Å². The zero-order valence-corrected chi connectivity index (χ0v) is 8.59. The fourth-order valence-electron chi connectivity index (χ4n) is 0.824. The number of rotatable bonds is 4. The second-order valence-corrected chi connectivity index (χ2v) is 2.82. The van der Waals surface area contributed by atoms with Gasteiger partial charge >= 0.3 is 0 Å². The van der Waals surface area contributed by atoms with Gasteiger partial charge in [-0.25, -0.2) is 0 Å². The largest absolute Gasteiger partial charge is 0.375 e. The van der Waals surface area contributed by atoms with E-state index in [1.54, 1.807) is 0 Å². The second kappa shape index (κ2) is 5.64. The highest BCUT2D eigenvalue weighted by Crippen LogP contribution is 2.06. The molecule has 0 aliphatic heterocycles. The third kappa shape index (κ3) is 3.42. The number of likely N-dealkylation sites (N-methyl/N-ethyl adjacent to an activating group) is 1. The SMILES string of the molecule is C=C/C(=C\C(C)=C/C)N(C)CC. The summed E-state index contributed by atoms with van der Waals surface area (Å²) in [6.07, 6.45) is 6.11. The van der Waals surface area contributed by atoms with Crippen molar-refractivity contribution in [1.29, 1.82) is 0 Å². The van der Waals surface area contributed by atoms with E-state index in [1.165, 1.54) is 11.3 Å². The van der Waals surface area contributed by atoms with Crippen LogP contribution in [-0.4, -0.2) is 18.5 Å². The Kier molecular flexibility index (Phi) is 5.18. The van der Waals surface area contributed by atoms with Gasteiger partial charge in [0.05, 0.1) is 0 Å². The molecule has 0 rings (SSSR count). The normalized spacial score (nSPS) is 13.0. The van der Waals surface area contributed by atoms with E-state index in [0.717, 1.165) is 6.54 Å². The summed E-state index contributed by atoms with van der Waals surface area (Å²) < 4.78 is 0. The Morgan fingerprint density at radius 1 is 1.50 bits per heavy atom. The van der Waals surface area contributed by atoms with Gasteiger partial charge in [0.1, 0.15) is 0 Å². The highest BCUT2D eigenvalue weighted by Gasteiger charge is 1.95. The molecule has 0 aromatic heterocycles. The molecule has 0 N–H and O–H groups in total. The lowest BCUT2D eigenvalue weighted by Gasteiger charge is -2.17. The fraction of sp³-hybridized carbons (Fsp3) is 0.455. The molecule has 0 saturated heterocycles. The molecule has 0 saturated carbocycles. The zero-order chi connectivity index (χ0) is 9.56. The Hall–Kier alpha value is -0.980. The fourth-order valence-corrected chi connectivity index (χ4v) is 0.824. The Morgan fingerprint density at radius 2 is 2.08 bits per heavy atom. The summed E-state index contributed by atoms with van der Waals surface area (Å²) in [4.78, 5) is 2.17. The van der Waals surface area contributed by atoms with Crippen molar-refractivity contribution in [3.63, 3.8) is 0 Å². The lowest BCUT2D eigenvalue weighted by molar-refractivity contribution is 0.456. The molecule has 0 unspecified atom stereocenters. The van der Waals surface area contributed by atoms with E-state index in [9.17, 15) is 0 Å². The van der Waals surface area contributed by atoms with Crippen LogP contribution in [0.25, 0.3) is 0 Å². The Balaban J connectivity index is 4.54. The molecule has 0 aromatic rings. The van der Waals surface area contributed by atoms with Crippen LogP contribution >= 0.6 is 0 Å². The van der Waals surface area contributed by atoms with Crippen molar-refractivity contribution in [2.75, 3.05) is 13.6 Å². The topological polar surface area (TPSA) is 3.24 Å². The van der Waals surface area contributed by atoms with Gasteiger partial charge in [0.25, 0.3) is 0 Å². The molecule has 0 fully saturated rings. The maximum atomic E-state index is 3.78. The Labute approximate surface area is 76.1 Å². The van der Waals surface area contributed by atoms with Crippen LogP contribution in [0.5, 0.6) is 0 Å². The molecule has 0 aromatic carbocycles. The minimum absolute atomic E-state index is 1.01. The highest BCUT2D eigenvalue weighted by atomic mass is 15.1. The first-order valence-electron chi connectivity index (χ1n) is 4.33. The first kappa shape index (κ1) is 11.0. The van der Waals surface area contributed by atoms with Crippen LogP contribution < -0.4 is 0 Å². The second-order valence-electron chi connectivity index (χ2n) is 2.82. The maximum Gasteiger partial charge on any atom is 0.0360 e.